The Morgan fingerprint density at radius 2 is 1.56 bits per heavy atom. The lowest BCUT2D eigenvalue weighted by Gasteiger charge is -2.35. The van der Waals surface area contributed by atoms with Crippen molar-refractivity contribution < 1.29 is 17.9 Å². The van der Waals surface area contributed by atoms with E-state index in [2.05, 4.69) is 24.4 Å². The van der Waals surface area contributed by atoms with E-state index in [0.717, 1.165) is 11.1 Å². The molecular formula is C20H27NO4SSi. The Hall–Kier alpha value is -1.96. The van der Waals surface area contributed by atoms with E-state index in [1.54, 1.807) is 24.3 Å². The Kier molecular flexibility index (Phi) is 6.62. The molecule has 2 aromatic rings. The highest BCUT2D eigenvalue weighted by Gasteiger charge is 2.39. The first kappa shape index (κ1) is 21.3. The summed E-state index contributed by atoms with van der Waals surface area (Å²) in [5, 5.41) is 0. The lowest BCUT2D eigenvalue weighted by Crippen LogP contribution is -2.51. The van der Waals surface area contributed by atoms with Gasteiger partial charge in [0.15, 0.2) is 0 Å². The normalized spacial score (nSPS) is 14.4. The van der Waals surface area contributed by atoms with Crippen LogP contribution in [0.25, 0.3) is 0 Å². The number of carbonyl (C=O) groups excluding carboxylic acids is 1. The zero-order valence-corrected chi connectivity index (χ0v) is 18.2. The minimum Gasteiger partial charge on any atom is -0.464 e. The maximum absolute atomic E-state index is 13.0. The monoisotopic (exact) mass is 405 g/mol. The largest absolute Gasteiger partial charge is 0.464 e. The number of carbonyl (C=O) groups is 1. The summed E-state index contributed by atoms with van der Waals surface area (Å²) in [4.78, 5) is 11.9. The maximum Gasteiger partial charge on any atom is 0.302 e. The molecule has 146 valence electrons. The molecule has 0 bridgehead atoms. The molecule has 0 heterocycles. The van der Waals surface area contributed by atoms with Gasteiger partial charge in [0, 0.05) is 6.92 Å². The highest BCUT2D eigenvalue weighted by molar-refractivity contribution is 7.89. The third kappa shape index (κ3) is 5.75. The molecule has 0 radical (unpaired) electrons. The van der Waals surface area contributed by atoms with Crippen LogP contribution in [0.5, 0.6) is 0 Å². The van der Waals surface area contributed by atoms with E-state index in [-0.39, 0.29) is 4.90 Å². The fourth-order valence-corrected chi connectivity index (χ4v) is 5.98. The van der Waals surface area contributed by atoms with Crippen LogP contribution in [-0.2, 0) is 19.6 Å². The lowest BCUT2D eigenvalue weighted by atomic mass is 10.1. The van der Waals surface area contributed by atoms with Crippen molar-refractivity contribution in [2.75, 3.05) is 0 Å². The van der Waals surface area contributed by atoms with Crippen molar-refractivity contribution in [3.8, 4) is 0 Å². The Bertz CT molecular complexity index is 874. The van der Waals surface area contributed by atoms with Crippen LogP contribution >= 0.6 is 0 Å². The summed E-state index contributed by atoms with van der Waals surface area (Å²) in [7, 11) is -5.86. The van der Waals surface area contributed by atoms with Crippen LogP contribution in [0.1, 0.15) is 24.1 Å². The van der Waals surface area contributed by atoms with Gasteiger partial charge in [-0.1, -0.05) is 67.7 Å². The van der Waals surface area contributed by atoms with Crippen molar-refractivity contribution in [1.82, 2.24) is 4.72 Å². The van der Waals surface area contributed by atoms with Gasteiger partial charge in [-0.3, -0.25) is 4.79 Å². The number of rotatable bonds is 7. The molecule has 7 heteroatoms. The van der Waals surface area contributed by atoms with Crippen molar-refractivity contribution in [2.24, 2.45) is 0 Å². The lowest BCUT2D eigenvalue weighted by molar-refractivity contribution is -0.144. The Balaban J connectivity index is 2.49. The van der Waals surface area contributed by atoms with E-state index in [4.69, 9.17) is 4.74 Å². The highest BCUT2D eigenvalue weighted by atomic mass is 32.2. The molecule has 0 saturated heterocycles. The number of aryl methyl sites for hydroxylation is 1. The molecular weight excluding hydrogens is 378 g/mol. The van der Waals surface area contributed by atoms with Gasteiger partial charge in [0.05, 0.1) is 19.0 Å². The molecule has 5 nitrogen and oxygen atoms in total. The molecule has 0 aliphatic carbocycles. The predicted molar refractivity (Wildman–Crippen MR) is 110 cm³/mol. The van der Waals surface area contributed by atoms with Crippen LogP contribution in [0.3, 0.4) is 0 Å². The number of hydrogen-bond acceptors (Lipinski definition) is 4. The molecule has 0 saturated carbocycles. The second-order valence-corrected chi connectivity index (χ2v) is 14.7. The second kappa shape index (κ2) is 8.37. The molecule has 1 N–H and O–H groups in total. The summed E-state index contributed by atoms with van der Waals surface area (Å²) < 4.78 is 34.4. The van der Waals surface area contributed by atoms with Crippen LogP contribution < -0.4 is 4.72 Å². The topological polar surface area (TPSA) is 72.5 Å². The van der Waals surface area contributed by atoms with Gasteiger partial charge in [-0.25, -0.2) is 13.1 Å². The summed E-state index contributed by atoms with van der Waals surface area (Å²) in [5.74, 6) is -0.419. The molecule has 0 spiro atoms. The van der Waals surface area contributed by atoms with E-state index in [9.17, 15) is 13.2 Å². The summed E-state index contributed by atoms with van der Waals surface area (Å²) in [6, 6.07) is 15.3. The fourth-order valence-electron chi connectivity index (χ4n) is 2.84. The van der Waals surface area contributed by atoms with E-state index < -0.39 is 35.8 Å². The van der Waals surface area contributed by atoms with Gasteiger partial charge in [0.2, 0.25) is 10.0 Å². The zero-order valence-electron chi connectivity index (χ0n) is 16.4. The van der Waals surface area contributed by atoms with Crippen LogP contribution in [0.2, 0.25) is 19.6 Å². The van der Waals surface area contributed by atoms with E-state index >= 15 is 0 Å². The van der Waals surface area contributed by atoms with Gasteiger partial charge >= 0.3 is 5.97 Å². The Morgan fingerprint density at radius 3 is 2.04 bits per heavy atom. The number of sulfonamides is 1. The molecule has 27 heavy (non-hydrogen) atoms. The van der Waals surface area contributed by atoms with Gasteiger partial charge < -0.3 is 4.74 Å². The van der Waals surface area contributed by atoms with Crippen molar-refractivity contribution in [3.63, 3.8) is 0 Å². The first-order valence-electron chi connectivity index (χ1n) is 8.82. The van der Waals surface area contributed by atoms with Crippen LogP contribution in [-0.4, -0.2) is 28.2 Å². The van der Waals surface area contributed by atoms with Gasteiger partial charge in [-0.15, -0.1) is 0 Å². The summed E-state index contributed by atoms with van der Waals surface area (Å²) in [5.41, 5.74) is 1.20. The maximum atomic E-state index is 13.0. The number of benzene rings is 2. The average Bonchev–Trinajstić information content (AvgIpc) is 2.58. The summed E-state index contributed by atoms with van der Waals surface area (Å²) in [6.07, 6.45) is 0. The average molecular weight is 406 g/mol. The third-order valence-corrected chi connectivity index (χ3v) is 7.84. The van der Waals surface area contributed by atoms with Crippen molar-refractivity contribution in [3.05, 3.63) is 65.7 Å². The molecule has 2 aromatic carbocycles. The molecule has 0 aliphatic heterocycles. The van der Waals surface area contributed by atoms with E-state index in [1.165, 1.54) is 6.92 Å². The van der Waals surface area contributed by atoms with Gasteiger partial charge in [0.25, 0.3) is 0 Å². The number of esters is 1. The van der Waals surface area contributed by atoms with Crippen LogP contribution in [0.4, 0.5) is 0 Å². The van der Waals surface area contributed by atoms with Gasteiger partial charge in [-0.2, -0.15) is 0 Å². The minimum atomic E-state index is -3.78. The van der Waals surface area contributed by atoms with Gasteiger partial charge in [-0.05, 0) is 24.6 Å². The third-order valence-electron chi connectivity index (χ3n) is 4.22. The molecule has 0 unspecified atom stereocenters. The summed E-state index contributed by atoms with van der Waals surface area (Å²) >= 11 is 0. The first-order chi connectivity index (χ1) is 12.5. The Labute approximate surface area is 162 Å². The number of nitrogens with one attached hydrogen (secondary N) is 1. The smallest absolute Gasteiger partial charge is 0.302 e. The van der Waals surface area contributed by atoms with Crippen molar-refractivity contribution >= 4 is 24.1 Å². The SMILES string of the molecule is CC(=O)O[C@H]([C@@H](NS(=O)(=O)c1ccc(C)cc1)c1ccccc1)[Si](C)(C)C. The van der Waals surface area contributed by atoms with Crippen LogP contribution in [0, 0.1) is 6.92 Å². The molecule has 0 aliphatic rings. The zero-order chi connectivity index (χ0) is 20.2. The van der Waals surface area contributed by atoms with Gasteiger partial charge in [0.1, 0.15) is 5.73 Å². The standard InChI is InChI=1S/C20H27NO4SSi/c1-15-11-13-18(14-12-15)26(23,24)21-19(17-9-7-6-8-10-17)20(25-16(2)22)27(3,4)5/h6-14,19-21H,1-5H3/t19-,20-/m0/s1. The number of hydrogen-bond donors (Lipinski definition) is 1. The molecule has 0 aromatic heterocycles. The van der Waals surface area contributed by atoms with E-state index in [0.29, 0.717) is 0 Å². The fraction of sp³-hybridized carbons (Fsp3) is 0.350. The minimum absolute atomic E-state index is 0.186. The Morgan fingerprint density at radius 1 is 1.00 bits per heavy atom. The predicted octanol–water partition coefficient (Wildman–Crippen LogP) is 3.82. The first-order valence-corrected chi connectivity index (χ1v) is 13.9. The molecule has 2 rings (SSSR count). The van der Waals surface area contributed by atoms with Crippen molar-refractivity contribution in [2.45, 2.75) is 50.2 Å². The highest BCUT2D eigenvalue weighted by Crippen LogP contribution is 2.29. The quantitative estimate of drug-likeness (QED) is 0.561. The second-order valence-electron chi connectivity index (χ2n) is 7.72. The number of ether oxygens (including phenoxy) is 1. The summed E-state index contributed by atoms with van der Waals surface area (Å²) in [6.45, 7) is 9.41. The van der Waals surface area contributed by atoms with E-state index in [1.807, 2.05) is 37.3 Å². The molecule has 0 amide bonds. The van der Waals surface area contributed by atoms with Crippen molar-refractivity contribution in [1.29, 1.82) is 0 Å². The van der Waals surface area contributed by atoms with Crippen LogP contribution in [0.15, 0.2) is 59.5 Å². The molecule has 2 atom stereocenters. The molecule has 0 fully saturated rings.